The van der Waals surface area contributed by atoms with Crippen LogP contribution in [0, 0.1) is 0 Å². The van der Waals surface area contributed by atoms with Crippen molar-refractivity contribution in [3.05, 3.63) is 30.1 Å². The van der Waals surface area contributed by atoms with Crippen molar-refractivity contribution in [1.29, 1.82) is 0 Å². The number of hydrogen-bond donors (Lipinski definition) is 1. The second kappa shape index (κ2) is 6.44. The van der Waals surface area contributed by atoms with Gasteiger partial charge in [-0.3, -0.25) is 9.72 Å². The van der Waals surface area contributed by atoms with Gasteiger partial charge in [-0.05, 0) is 30.7 Å². The van der Waals surface area contributed by atoms with Crippen molar-refractivity contribution in [3.8, 4) is 0 Å². The van der Waals surface area contributed by atoms with Crippen molar-refractivity contribution < 1.29 is 17.9 Å². The number of aromatic nitrogens is 1. The highest BCUT2D eigenvalue weighted by molar-refractivity contribution is 5.09. The zero-order chi connectivity index (χ0) is 11.9. The van der Waals surface area contributed by atoms with Gasteiger partial charge in [0.2, 0.25) is 0 Å². The Hall–Kier alpha value is -1.14. The molecular weight excluding hydrogens is 221 g/mol. The smallest absolute Gasteiger partial charge is 0.314 e. The molecule has 0 unspecified atom stereocenters. The fourth-order valence-corrected chi connectivity index (χ4v) is 1.15. The van der Waals surface area contributed by atoms with Gasteiger partial charge in [-0.2, -0.15) is 0 Å². The van der Waals surface area contributed by atoms with E-state index in [1.165, 1.54) is 0 Å². The molecule has 1 heterocycles. The van der Waals surface area contributed by atoms with Gasteiger partial charge in [0.1, 0.15) is 0 Å². The van der Waals surface area contributed by atoms with Crippen LogP contribution in [0.2, 0.25) is 0 Å². The molecule has 1 N–H and O–H groups in total. The van der Waals surface area contributed by atoms with Crippen LogP contribution in [-0.2, 0) is 11.2 Å². The van der Waals surface area contributed by atoms with Gasteiger partial charge in [-0.1, -0.05) is 0 Å². The van der Waals surface area contributed by atoms with E-state index in [0.29, 0.717) is 6.54 Å². The topological polar surface area (TPSA) is 34.1 Å². The van der Waals surface area contributed by atoms with E-state index >= 15 is 0 Å². The molecule has 0 bridgehead atoms. The van der Waals surface area contributed by atoms with E-state index in [1.807, 2.05) is 12.1 Å². The van der Waals surface area contributed by atoms with Gasteiger partial charge in [0, 0.05) is 18.9 Å². The zero-order valence-corrected chi connectivity index (χ0v) is 8.63. The predicted molar refractivity (Wildman–Crippen MR) is 52.8 cm³/mol. The predicted octanol–water partition coefficient (Wildman–Crippen LogP) is 1.75. The minimum Gasteiger partial charge on any atom is -0.314 e. The molecular formula is C10H13F3N2O. The van der Waals surface area contributed by atoms with E-state index < -0.39 is 6.36 Å². The van der Waals surface area contributed by atoms with Crippen molar-refractivity contribution in [1.82, 2.24) is 10.3 Å². The molecule has 1 rings (SSSR count). The lowest BCUT2D eigenvalue weighted by Crippen LogP contribution is -2.25. The summed E-state index contributed by atoms with van der Waals surface area (Å²) < 4.78 is 38.3. The average molecular weight is 234 g/mol. The SMILES string of the molecule is FC(F)(F)OCCNCCc1ccncc1. The molecule has 1 aromatic rings. The molecule has 0 aromatic carbocycles. The number of alkyl halides is 3. The van der Waals surface area contributed by atoms with Gasteiger partial charge in [-0.25, -0.2) is 0 Å². The molecule has 0 atom stereocenters. The second-order valence-electron chi connectivity index (χ2n) is 3.15. The van der Waals surface area contributed by atoms with Crippen LogP contribution in [0.1, 0.15) is 5.56 Å². The highest BCUT2D eigenvalue weighted by Crippen LogP contribution is 2.14. The maximum absolute atomic E-state index is 11.6. The van der Waals surface area contributed by atoms with Gasteiger partial charge in [0.25, 0.3) is 0 Å². The van der Waals surface area contributed by atoms with Crippen LogP contribution in [-0.4, -0.2) is 31.0 Å². The summed E-state index contributed by atoms with van der Waals surface area (Å²) in [7, 11) is 0. The zero-order valence-electron chi connectivity index (χ0n) is 8.63. The number of halogens is 3. The Labute approximate surface area is 91.6 Å². The molecule has 0 aliphatic rings. The molecule has 1 aromatic heterocycles. The summed E-state index contributed by atoms with van der Waals surface area (Å²) in [4.78, 5) is 3.86. The van der Waals surface area contributed by atoms with Crippen LogP contribution in [0.4, 0.5) is 13.2 Å². The molecule has 16 heavy (non-hydrogen) atoms. The number of nitrogens with one attached hydrogen (secondary N) is 1. The summed E-state index contributed by atoms with van der Waals surface area (Å²) in [5.41, 5.74) is 1.10. The summed E-state index contributed by atoms with van der Waals surface area (Å²) >= 11 is 0. The average Bonchev–Trinajstić information content (AvgIpc) is 2.23. The van der Waals surface area contributed by atoms with E-state index in [1.54, 1.807) is 12.4 Å². The summed E-state index contributed by atoms with van der Waals surface area (Å²) in [6.45, 7) is 0.440. The van der Waals surface area contributed by atoms with E-state index in [0.717, 1.165) is 12.0 Å². The largest absolute Gasteiger partial charge is 0.522 e. The number of rotatable bonds is 6. The lowest BCUT2D eigenvalue weighted by atomic mass is 10.2. The number of nitrogens with zero attached hydrogens (tertiary/aromatic N) is 1. The molecule has 0 amide bonds. The second-order valence-corrected chi connectivity index (χ2v) is 3.15. The third kappa shape index (κ3) is 6.36. The van der Waals surface area contributed by atoms with Crippen LogP contribution >= 0.6 is 0 Å². The van der Waals surface area contributed by atoms with Crippen LogP contribution in [0.15, 0.2) is 24.5 Å². The Morgan fingerprint density at radius 1 is 1.19 bits per heavy atom. The minimum atomic E-state index is -4.53. The molecule has 0 aliphatic heterocycles. The Balaban J connectivity index is 2.01. The van der Waals surface area contributed by atoms with Crippen LogP contribution in [0.3, 0.4) is 0 Å². The van der Waals surface area contributed by atoms with Crippen LogP contribution in [0.5, 0.6) is 0 Å². The van der Waals surface area contributed by atoms with Crippen molar-refractivity contribution in [2.75, 3.05) is 19.7 Å². The molecule has 0 fully saturated rings. The first-order valence-electron chi connectivity index (χ1n) is 4.88. The quantitative estimate of drug-likeness (QED) is 0.761. The molecule has 6 heteroatoms. The minimum absolute atomic E-state index is 0.185. The number of hydrogen-bond acceptors (Lipinski definition) is 3. The Bertz CT molecular complexity index is 290. The summed E-state index contributed by atoms with van der Waals surface area (Å²) in [5.74, 6) is 0. The normalized spacial score (nSPS) is 11.7. The van der Waals surface area contributed by atoms with Crippen molar-refractivity contribution >= 4 is 0 Å². The highest BCUT2D eigenvalue weighted by atomic mass is 19.4. The fourth-order valence-electron chi connectivity index (χ4n) is 1.15. The van der Waals surface area contributed by atoms with Gasteiger partial charge in [0.05, 0.1) is 6.61 Å². The van der Waals surface area contributed by atoms with E-state index in [4.69, 9.17) is 0 Å². The first-order valence-corrected chi connectivity index (χ1v) is 4.88. The summed E-state index contributed by atoms with van der Waals surface area (Å²) in [5, 5.41) is 2.86. The van der Waals surface area contributed by atoms with Gasteiger partial charge in [0.15, 0.2) is 0 Å². The molecule has 0 aliphatic carbocycles. The van der Waals surface area contributed by atoms with Gasteiger partial charge >= 0.3 is 6.36 Å². The summed E-state index contributed by atoms with van der Waals surface area (Å²) in [6.07, 6.45) is -0.411. The van der Waals surface area contributed by atoms with E-state index in [-0.39, 0.29) is 13.2 Å². The lowest BCUT2D eigenvalue weighted by molar-refractivity contribution is -0.323. The highest BCUT2D eigenvalue weighted by Gasteiger charge is 2.28. The monoisotopic (exact) mass is 234 g/mol. The summed E-state index contributed by atoms with van der Waals surface area (Å²) in [6, 6.07) is 3.74. The first kappa shape index (κ1) is 12.9. The van der Waals surface area contributed by atoms with Crippen molar-refractivity contribution in [2.24, 2.45) is 0 Å². The third-order valence-electron chi connectivity index (χ3n) is 1.88. The van der Waals surface area contributed by atoms with Crippen molar-refractivity contribution in [3.63, 3.8) is 0 Å². The van der Waals surface area contributed by atoms with Crippen molar-refractivity contribution in [2.45, 2.75) is 12.8 Å². The van der Waals surface area contributed by atoms with Gasteiger partial charge < -0.3 is 5.32 Å². The fraction of sp³-hybridized carbons (Fsp3) is 0.500. The molecule has 90 valence electrons. The standard InChI is InChI=1S/C10H13F3N2O/c11-10(12,13)16-8-7-15-6-3-9-1-4-14-5-2-9/h1-2,4-5,15H,3,6-8H2. The van der Waals surface area contributed by atoms with Gasteiger partial charge in [-0.15, -0.1) is 13.2 Å². The van der Waals surface area contributed by atoms with Crippen LogP contribution in [0.25, 0.3) is 0 Å². The lowest BCUT2D eigenvalue weighted by Gasteiger charge is -2.08. The molecule has 0 saturated heterocycles. The number of pyridine rings is 1. The molecule has 3 nitrogen and oxygen atoms in total. The Kier molecular flexibility index (Phi) is 5.21. The maximum atomic E-state index is 11.6. The molecule has 0 spiro atoms. The van der Waals surface area contributed by atoms with Crippen LogP contribution < -0.4 is 5.32 Å². The number of ether oxygens (including phenoxy) is 1. The maximum Gasteiger partial charge on any atom is 0.522 e. The third-order valence-corrected chi connectivity index (χ3v) is 1.88. The molecule has 0 radical (unpaired) electrons. The Morgan fingerprint density at radius 2 is 1.88 bits per heavy atom. The van der Waals surface area contributed by atoms with E-state index in [9.17, 15) is 13.2 Å². The first-order chi connectivity index (χ1) is 7.58. The van der Waals surface area contributed by atoms with E-state index in [2.05, 4.69) is 15.0 Å². The molecule has 0 saturated carbocycles. The Morgan fingerprint density at radius 3 is 2.50 bits per heavy atom.